The van der Waals surface area contributed by atoms with E-state index in [4.69, 9.17) is 4.74 Å². The molecule has 0 atom stereocenters. The van der Waals surface area contributed by atoms with E-state index < -0.39 is 0 Å². The zero-order valence-electron chi connectivity index (χ0n) is 25.1. The van der Waals surface area contributed by atoms with Crippen LogP contribution in [0.25, 0.3) is 64.9 Å². The first-order chi connectivity index (χ1) is 22.2. The lowest BCUT2D eigenvalue weighted by molar-refractivity contribution is 0.399. The number of pyridine rings is 3. The highest BCUT2D eigenvalue weighted by Gasteiger charge is 2.10. The van der Waals surface area contributed by atoms with E-state index in [0.29, 0.717) is 5.88 Å². The fraction of sp³-hybridized carbons (Fsp3) is 0.0250. The summed E-state index contributed by atoms with van der Waals surface area (Å²) < 4.78 is 5.27. The van der Waals surface area contributed by atoms with Gasteiger partial charge in [0.15, 0.2) is 0 Å². The van der Waals surface area contributed by atoms with Crippen LogP contribution in [0.3, 0.4) is 0 Å². The molecule has 0 aliphatic rings. The first-order valence-corrected chi connectivity index (χ1v) is 14.7. The van der Waals surface area contributed by atoms with Gasteiger partial charge in [0.1, 0.15) is 0 Å². The summed E-state index contributed by atoms with van der Waals surface area (Å²) in [4.78, 5) is 23.0. The van der Waals surface area contributed by atoms with Crippen molar-refractivity contribution in [2.45, 2.75) is 0 Å². The van der Waals surface area contributed by atoms with Crippen LogP contribution in [0.4, 0.5) is 0 Å². The molecule has 0 radical (unpaired) electrons. The number of H-pyrrole nitrogens is 1. The molecule has 0 aliphatic heterocycles. The Bertz CT molecular complexity index is 2420. The van der Waals surface area contributed by atoms with Crippen LogP contribution in [0, 0.1) is 0 Å². The number of halogens is 1. The maximum absolute atomic E-state index is 11.6. The summed E-state index contributed by atoms with van der Waals surface area (Å²) >= 11 is 0. The number of methoxy groups -OCH3 is 1. The van der Waals surface area contributed by atoms with Gasteiger partial charge in [-0.25, -0.2) is 4.98 Å². The molecule has 3 heterocycles. The maximum atomic E-state index is 11.6. The first kappa shape index (κ1) is 30.3. The molecule has 0 saturated heterocycles. The normalized spacial score (nSPS) is 10.6. The minimum atomic E-state index is -0.0621. The lowest BCUT2D eigenvalue weighted by Gasteiger charge is -2.10. The van der Waals surface area contributed by atoms with E-state index in [0.717, 1.165) is 21.8 Å². The Morgan fingerprint density at radius 2 is 0.891 bits per heavy atom. The summed E-state index contributed by atoms with van der Waals surface area (Å²) in [6, 6.07) is 46.6. The van der Waals surface area contributed by atoms with Gasteiger partial charge in [0.05, 0.1) is 18.1 Å². The predicted octanol–water partition coefficient (Wildman–Crippen LogP) is 9.89. The number of hydrogen-bond donors (Lipinski definition) is 1. The minimum absolute atomic E-state index is 0. The molecule has 9 rings (SSSR count). The van der Waals surface area contributed by atoms with Gasteiger partial charge in [0.2, 0.25) is 11.4 Å². The van der Waals surface area contributed by atoms with Gasteiger partial charge < -0.3 is 9.72 Å². The highest BCUT2D eigenvalue weighted by Crippen LogP contribution is 2.35. The molecule has 46 heavy (non-hydrogen) atoms. The monoisotopic (exact) mass is 619 g/mol. The molecular formula is C40H30ClN3O2. The van der Waals surface area contributed by atoms with Gasteiger partial charge >= 0.3 is 0 Å². The molecule has 0 bridgehead atoms. The van der Waals surface area contributed by atoms with Crippen LogP contribution in [0.5, 0.6) is 5.88 Å². The van der Waals surface area contributed by atoms with Crippen molar-refractivity contribution in [2.24, 2.45) is 0 Å². The highest BCUT2D eigenvalue weighted by molar-refractivity contribution is 6.25. The van der Waals surface area contributed by atoms with Crippen LogP contribution in [0.15, 0.2) is 157 Å². The van der Waals surface area contributed by atoms with Crippen molar-refractivity contribution in [3.05, 3.63) is 162 Å². The number of ether oxygens (including phenoxy) is 1. The number of nitrogens with zero attached hydrogens (tertiary/aromatic N) is 2. The van der Waals surface area contributed by atoms with E-state index in [2.05, 4.69) is 93.8 Å². The third-order valence-corrected chi connectivity index (χ3v) is 7.96. The number of aromatic amines is 1. The Hall–Kier alpha value is -5.78. The van der Waals surface area contributed by atoms with Crippen LogP contribution in [0.1, 0.15) is 0 Å². The van der Waals surface area contributed by atoms with E-state index in [9.17, 15) is 4.79 Å². The van der Waals surface area contributed by atoms with Crippen molar-refractivity contribution in [2.75, 3.05) is 7.11 Å². The van der Waals surface area contributed by atoms with Crippen LogP contribution < -0.4 is 10.3 Å². The summed E-state index contributed by atoms with van der Waals surface area (Å²) in [5, 5.41) is 11.8. The largest absolute Gasteiger partial charge is 0.481 e. The van der Waals surface area contributed by atoms with Crippen LogP contribution in [-0.2, 0) is 0 Å². The standard InChI is InChI=1S/C18H13NO.C17H11NO.C5H5N.ClH/c1-20-17-11-10-16-14-8-3-2-6-12(14)13-7-4-5-9-15(13)18(16)19-17;19-16-10-9-15-13-7-2-1-5-11(13)12-6-3-4-8-14(12)17(15)18-16;1-2-4-6-5-3-1;/h2-11H,1H3;1-10H,(H,18,19);1-5H;1H. The molecular weight excluding hydrogens is 590 g/mol. The molecule has 6 heteroatoms. The Morgan fingerprint density at radius 3 is 1.37 bits per heavy atom. The van der Waals surface area contributed by atoms with Crippen molar-refractivity contribution in [1.29, 1.82) is 0 Å². The number of rotatable bonds is 1. The number of hydrogen-bond acceptors (Lipinski definition) is 4. The van der Waals surface area contributed by atoms with E-state index in [1.54, 1.807) is 25.6 Å². The molecule has 0 aliphatic carbocycles. The molecule has 0 spiro atoms. The van der Waals surface area contributed by atoms with E-state index >= 15 is 0 Å². The average molecular weight is 620 g/mol. The Kier molecular flexibility index (Phi) is 8.86. The van der Waals surface area contributed by atoms with Gasteiger partial charge in [0.25, 0.3) is 0 Å². The molecule has 0 saturated carbocycles. The van der Waals surface area contributed by atoms with E-state index in [1.165, 1.54) is 43.1 Å². The third kappa shape index (κ3) is 5.72. The fourth-order valence-electron chi connectivity index (χ4n) is 5.97. The Morgan fingerprint density at radius 1 is 0.478 bits per heavy atom. The second-order valence-corrected chi connectivity index (χ2v) is 10.6. The zero-order chi connectivity index (χ0) is 30.6. The van der Waals surface area contributed by atoms with Gasteiger partial charge in [0, 0.05) is 46.1 Å². The first-order valence-electron chi connectivity index (χ1n) is 14.7. The summed E-state index contributed by atoms with van der Waals surface area (Å²) in [5.74, 6) is 0.651. The van der Waals surface area contributed by atoms with Crippen molar-refractivity contribution in [1.82, 2.24) is 15.0 Å². The maximum Gasteiger partial charge on any atom is 0.248 e. The summed E-state index contributed by atoms with van der Waals surface area (Å²) in [7, 11) is 1.65. The van der Waals surface area contributed by atoms with Gasteiger partial charge in [-0.1, -0.05) is 103 Å². The van der Waals surface area contributed by atoms with Gasteiger partial charge in [-0.3, -0.25) is 9.78 Å². The quantitative estimate of drug-likeness (QED) is 0.186. The minimum Gasteiger partial charge on any atom is -0.481 e. The van der Waals surface area contributed by atoms with Crippen molar-refractivity contribution >= 4 is 77.3 Å². The topological polar surface area (TPSA) is 67.9 Å². The number of fused-ring (bicyclic) bond motifs is 12. The number of nitrogens with one attached hydrogen (secondary N) is 1. The molecule has 0 fully saturated rings. The molecule has 0 amide bonds. The summed E-state index contributed by atoms with van der Waals surface area (Å²) in [6.07, 6.45) is 3.50. The molecule has 0 unspecified atom stereocenters. The van der Waals surface area contributed by atoms with Crippen molar-refractivity contribution in [3.8, 4) is 5.88 Å². The number of aromatic nitrogens is 3. The number of benzene rings is 6. The Labute approximate surface area is 271 Å². The van der Waals surface area contributed by atoms with Crippen molar-refractivity contribution in [3.63, 3.8) is 0 Å². The highest BCUT2D eigenvalue weighted by atomic mass is 35.5. The van der Waals surface area contributed by atoms with E-state index in [-0.39, 0.29) is 18.0 Å². The second kappa shape index (κ2) is 13.5. The molecule has 1 N–H and O–H groups in total. The molecule has 5 nitrogen and oxygen atoms in total. The van der Waals surface area contributed by atoms with Crippen molar-refractivity contribution < 1.29 is 4.74 Å². The van der Waals surface area contributed by atoms with Gasteiger partial charge in [-0.15, -0.1) is 12.4 Å². The third-order valence-electron chi connectivity index (χ3n) is 7.96. The molecule has 6 aromatic carbocycles. The van der Waals surface area contributed by atoms with Crippen LogP contribution in [0.2, 0.25) is 0 Å². The lowest BCUT2D eigenvalue weighted by atomic mass is 9.97. The fourth-order valence-corrected chi connectivity index (χ4v) is 5.97. The van der Waals surface area contributed by atoms with Gasteiger partial charge in [-0.2, -0.15) is 0 Å². The summed E-state index contributed by atoms with van der Waals surface area (Å²) in [5.41, 5.74) is 1.85. The molecule has 224 valence electrons. The smallest absolute Gasteiger partial charge is 0.248 e. The summed E-state index contributed by atoms with van der Waals surface area (Å²) in [6.45, 7) is 0. The van der Waals surface area contributed by atoms with Crippen LogP contribution in [-0.4, -0.2) is 22.1 Å². The zero-order valence-corrected chi connectivity index (χ0v) is 25.9. The predicted molar refractivity (Wildman–Crippen MR) is 194 cm³/mol. The molecule has 9 aromatic rings. The SMILES string of the molecule is COc1ccc2c3ccccc3c3ccccc3c2n1.Cl.O=c1ccc2c3ccccc3c3ccccc3c2[nH]1.c1ccncc1. The Balaban J connectivity index is 0.000000135. The van der Waals surface area contributed by atoms with Gasteiger partial charge in [-0.05, 0) is 56.6 Å². The van der Waals surface area contributed by atoms with E-state index in [1.807, 2.05) is 54.6 Å². The van der Waals surface area contributed by atoms with Crippen LogP contribution >= 0.6 is 12.4 Å². The lowest BCUT2D eigenvalue weighted by Crippen LogP contribution is -2.02. The average Bonchev–Trinajstić information content (AvgIpc) is 3.13. The second-order valence-electron chi connectivity index (χ2n) is 10.6. The molecule has 3 aromatic heterocycles.